The highest BCUT2D eigenvalue weighted by Crippen LogP contribution is 2.11. The average Bonchev–Trinajstić information content (AvgIpc) is 2.60. The van der Waals surface area contributed by atoms with Gasteiger partial charge in [-0.15, -0.1) is 0 Å². The Balaban J connectivity index is 2.35. The van der Waals surface area contributed by atoms with Crippen LogP contribution in [0.5, 0.6) is 0 Å². The number of aromatic nitrogens is 2. The maximum Gasteiger partial charge on any atom is 0.271 e. The summed E-state index contributed by atoms with van der Waals surface area (Å²) < 4.78 is 1.76. The molecule has 1 N–H and O–H groups in total. The molecule has 0 aliphatic heterocycles. The summed E-state index contributed by atoms with van der Waals surface area (Å²) >= 11 is 3.54. The maximum atomic E-state index is 11.6. The third kappa shape index (κ3) is 4.35. The molecule has 1 aromatic rings. The van der Waals surface area contributed by atoms with Gasteiger partial charge < -0.3 is 9.88 Å². The third-order valence-corrected chi connectivity index (χ3v) is 2.85. The predicted octanol–water partition coefficient (Wildman–Crippen LogP) is 1.96. The Kier molecular flexibility index (Phi) is 4.99. The SMILES string of the molecule is CC(C)CC(Br)CNC(=O)c1cn(C)cn1. The highest BCUT2D eigenvalue weighted by atomic mass is 79.9. The minimum absolute atomic E-state index is 0.117. The number of aryl methyl sites for hydroxylation is 1. The lowest BCUT2D eigenvalue weighted by molar-refractivity contribution is 0.0948. The zero-order valence-corrected chi connectivity index (χ0v) is 11.5. The second kappa shape index (κ2) is 6.03. The van der Waals surface area contributed by atoms with Crippen LogP contribution < -0.4 is 5.32 Å². The first-order chi connectivity index (χ1) is 7.49. The molecule has 1 rings (SSSR count). The zero-order valence-electron chi connectivity index (χ0n) is 9.90. The summed E-state index contributed by atoms with van der Waals surface area (Å²) in [6, 6.07) is 0. The molecule has 16 heavy (non-hydrogen) atoms. The van der Waals surface area contributed by atoms with E-state index in [2.05, 4.69) is 40.1 Å². The monoisotopic (exact) mass is 287 g/mol. The van der Waals surface area contributed by atoms with E-state index >= 15 is 0 Å². The van der Waals surface area contributed by atoms with Crippen molar-refractivity contribution in [1.82, 2.24) is 14.9 Å². The largest absolute Gasteiger partial charge is 0.350 e. The summed E-state index contributed by atoms with van der Waals surface area (Å²) in [7, 11) is 1.84. The smallest absolute Gasteiger partial charge is 0.271 e. The van der Waals surface area contributed by atoms with Crippen molar-refractivity contribution >= 4 is 21.8 Å². The fourth-order valence-corrected chi connectivity index (χ4v) is 2.33. The summed E-state index contributed by atoms with van der Waals surface area (Å²) in [6.07, 6.45) is 4.37. The second-order valence-corrected chi connectivity index (χ2v) is 5.66. The van der Waals surface area contributed by atoms with Crippen molar-refractivity contribution in [2.75, 3.05) is 6.54 Å². The van der Waals surface area contributed by atoms with Crippen LogP contribution in [0.1, 0.15) is 30.8 Å². The van der Waals surface area contributed by atoms with Crippen LogP contribution in [0.15, 0.2) is 12.5 Å². The van der Waals surface area contributed by atoms with E-state index in [0.29, 0.717) is 23.0 Å². The van der Waals surface area contributed by atoms with Gasteiger partial charge in [-0.05, 0) is 12.3 Å². The van der Waals surface area contributed by atoms with E-state index in [4.69, 9.17) is 0 Å². The standard InChI is InChI=1S/C11H18BrN3O/c1-8(2)4-9(12)5-13-11(16)10-6-15(3)7-14-10/h6-9H,4-5H2,1-3H3,(H,13,16). The summed E-state index contributed by atoms with van der Waals surface area (Å²) in [5.74, 6) is 0.505. The van der Waals surface area contributed by atoms with Crippen LogP contribution in [0.3, 0.4) is 0 Å². The van der Waals surface area contributed by atoms with E-state index in [0.717, 1.165) is 6.42 Å². The number of imidazole rings is 1. The number of amides is 1. The molecule has 1 atom stereocenters. The predicted molar refractivity (Wildman–Crippen MR) is 67.7 cm³/mol. The van der Waals surface area contributed by atoms with Gasteiger partial charge in [0.15, 0.2) is 0 Å². The molecule has 0 bridgehead atoms. The van der Waals surface area contributed by atoms with Gasteiger partial charge in [0.05, 0.1) is 6.33 Å². The maximum absolute atomic E-state index is 11.6. The van der Waals surface area contributed by atoms with E-state index < -0.39 is 0 Å². The first kappa shape index (κ1) is 13.2. The topological polar surface area (TPSA) is 46.9 Å². The Bertz CT molecular complexity index is 349. The summed E-state index contributed by atoms with van der Waals surface area (Å²) in [5.41, 5.74) is 0.465. The van der Waals surface area contributed by atoms with E-state index in [1.165, 1.54) is 0 Å². The Morgan fingerprint density at radius 3 is 2.81 bits per heavy atom. The number of nitrogens with one attached hydrogen (secondary N) is 1. The van der Waals surface area contributed by atoms with Crippen molar-refractivity contribution in [1.29, 1.82) is 0 Å². The number of alkyl halides is 1. The Morgan fingerprint density at radius 1 is 1.62 bits per heavy atom. The molecule has 5 heteroatoms. The van der Waals surface area contributed by atoms with Crippen LogP contribution in [0, 0.1) is 5.92 Å². The number of nitrogens with zero attached hydrogens (tertiary/aromatic N) is 2. The molecule has 90 valence electrons. The molecule has 0 saturated heterocycles. The Morgan fingerprint density at radius 2 is 2.31 bits per heavy atom. The lowest BCUT2D eigenvalue weighted by Gasteiger charge is -2.12. The third-order valence-electron chi connectivity index (χ3n) is 2.15. The van der Waals surface area contributed by atoms with Gasteiger partial charge in [-0.3, -0.25) is 4.79 Å². The Labute approximate surface area is 105 Å². The molecule has 1 aromatic heterocycles. The lowest BCUT2D eigenvalue weighted by atomic mass is 10.1. The molecule has 1 heterocycles. The molecule has 0 aliphatic carbocycles. The summed E-state index contributed by atoms with van der Waals surface area (Å²) in [4.78, 5) is 16.0. The van der Waals surface area contributed by atoms with Crippen LogP contribution >= 0.6 is 15.9 Å². The summed E-state index contributed by atoms with van der Waals surface area (Å²) in [6.45, 7) is 4.96. The number of rotatable bonds is 5. The van der Waals surface area contributed by atoms with Crippen molar-refractivity contribution in [3.63, 3.8) is 0 Å². The van der Waals surface area contributed by atoms with Gasteiger partial charge >= 0.3 is 0 Å². The second-order valence-electron chi connectivity index (χ2n) is 4.36. The highest BCUT2D eigenvalue weighted by Gasteiger charge is 2.11. The van der Waals surface area contributed by atoms with Gasteiger partial charge in [-0.2, -0.15) is 0 Å². The van der Waals surface area contributed by atoms with Gasteiger partial charge in [0.2, 0.25) is 0 Å². The van der Waals surface area contributed by atoms with Crippen molar-refractivity contribution in [3.8, 4) is 0 Å². The lowest BCUT2D eigenvalue weighted by Crippen LogP contribution is -2.30. The molecular weight excluding hydrogens is 270 g/mol. The van der Waals surface area contributed by atoms with Crippen LogP contribution in [-0.2, 0) is 7.05 Å². The van der Waals surface area contributed by atoms with Crippen molar-refractivity contribution in [2.24, 2.45) is 13.0 Å². The molecule has 0 spiro atoms. The first-order valence-corrected chi connectivity index (χ1v) is 6.31. The number of hydrogen-bond acceptors (Lipinski definition) is 2. The molecule has 1 unspecified atom stereocenters. The van der Waals surface area contributed by atoms with Gasteiger partial charge in [0, 0.05) is 24.6 Å². The highest BCUT2D eigenvalue weighted by molar-refractivity contribution is 9.09. The molecule has 0 saturated carbocycles. The molecule has 1 amide bonds. The number of halogens is 1. The van der Waals surface area contributed by atoms with E-state index in [1.54, 1.807) is 17.1 Å². The van der Waals surface area contributed by atoms with Crippen LogP contribution in [0.25, 0.3) is 0 Å². The summed E-state index contributed by atoms with van der Waals surface area (Å²) in [5, 5.41) is 2.86. The minimum atomic E-state index is -0.117. The minimum Gasteiger partial charge on any atom is -0.350 e. The average molecular weight is 288 g/mol. The number of carbonyl (C=O) groups excluding carboxylic acids is 1. The van der Waals surface area contributed by atoms with Gasteiger partial charge in [0.1, 0.15) is 5.69 Å². The van der Waals surface area contributed by atoms with Crippen molar-refractivity contribution in [3.05, 3.63) is 18.2 Å². The molecular formula is C11H18BrN3O. The first-order valence-electron chi connectivity index (χ1n) is 5.39. The fourth-order valence-electron chi connectivity index (χ4n) is 1.42. The fraction of sp³-hybridized carbons (Fsp3) is 0.636. The zero-order chi connectivity index (χ0) is 12.1. The quantitative estimate of drug-likeness (QED) is 0.842. The molecule has 0 aromatic carbocycles. The van der Waals surface area contributed by atoms with Crippen molar-refractivity contribution < 1.29 is 4.79 Å². The van der Waals surface area contributed by atoms with Crippen LogP contribution in [0.4, 0.5) is 0 Å². The number of hydrogen-bond donors (Lipinski definition) is 1. The molecule has 0 radical (unpaired) electrons. The molecule has 0 fully saturated rings. The van der Waals surface area contributed by atoms with Crippen molar-refractivity contribution in [2.45, 2.75) is 25.1 Å². The normalized spacial score (nSPS) is 12.8. The van der Waals surface area contributed by atoms with Gasteiger partial charge in [-0.25, -0.2) is 4.98 Å². The van der Waals surface area contributed by atoms with Crippen LogP contribution in [-0.4, -0.2) is 26.8 Å². The Hall–Kier alpha value is -0.840. The molecule has 0 aliphatic rings. The van der Waals surface area contributed by atoms with E-state index in [1.807, 2.05) is 7.05 Å². The van der Waals surface area contributed by atoms with Gasteiger partial charge in [-0.1, -0.05) is 29.8 Å². The van der Waals surface area contributed by atoms with Crippen LogP contribution in [0.2, 0.25) is 0 Å². The molecule has 4 nitrogen and oxygen atoms in total. The van der Waals surface area contributed by atoms with E-state index in [9.17, 15) is 4.79 Å². The number of carbonyl (C=O) groups is 1. The van der Waals surface area contributed by atoms with E-state index in [-0.39, 0.29) is 5.91 Å². The van der Waals surface area contributed by atoms with Gasteiger partial charge in [0.25, 0.3) is 5.91 Å².